The fourth-order valence-corrected chi connectivity index (χ4v) is 1.40. The first-order valence-electron chi connectivity index (χ1n) is 4.54. The standard InChI is InChI=1S/C10H14N2O2/c1-8-9(6-7-11-2)4-3-5-10(8)12(13)14/h3-5,11H,6-7H2,1-2H3. The smallest absolute Gasteiger partial charge is 0.272 e. The van der Waals surface area contributed by atoms with E-state index in [4.69, 9.17) is 0 Å². The molecule has 1 aromatic carbocycles. The van der Waals surface area contributed by atoms with E-state index in [1.165, 1.54) is 6.07 Å². The van der Waals surface area contributed by atoms with Crippen LogP contribution in [0.2, 0.25) is 0 Å². The van der Waals surface area contributed by atoms with E-state index in [-0.39, 0.29) is 10.6 Å². The van der Waals surface area contributed by atoms with Crippen LogP contribution >= 0.6 is 0 Å². The lowest BCUT2D eigenvalue weighted by Crippen LogP contribution is -2.11. The van der Waals surface area contributed by atoms with E-state index in [1.54, 1.807) is 13.0 Å². The molecule has 4 heteroatoms. The molecule has 0 heterocycles. The maximum atomic E-state index is 10.6. The van der Waals surface area contributed by atoms with Crippen molar-refractivity contribution in [2.75, 3.05) is 13.6 Å². The Kier molecular flexibility index (Phi) is 3.59. The van der Waals surface area contributed by atoms with Gasteiger partial charge in [-0.05, 0) is 32.5 Å². The van der Waals surface area contributed by atoms with E-state index in [0.717, 1.165) is 24.1 Å². The van der Waals surface area contributed by atoms with E-state index in [1.807, 2.05) is 13.1 Å². The molecule has 76 valence electrons. The number of nitrogens with zero attached hydrogens (tertiary/aromatic N) is 1. The quantitative estimate of drug-likeness (QED) is 0.586. The Morgan fingerprint density at radius 2 is 2.21 bits per heavy atom. The average molecular weight is 194 g/mol. The number of benzene rings is 1. The van der Waals surface area contributed by atoms with Gasteiger partial charge in [0.2, 0.25) is 0 Å². The molecule has 0 saturated heterocycles. The minimum atomic E-state index is -0.335. The van der Waals surface area contributed by atoms with Gasteiger partial charge in [0.1, 0.15) is 0 Å². The van der Waals surface area contributed by atoms with E-state index in [0.29, 0.717) is 0 Å². The molecule has 4 nitrogen and oxygen atoms in total. The predicted molar refractivity (Wildman–Crippen MR) is 55.5 cm³/mol. The lowest BCUT2D eigenvalue weighted by atomic mass is 10.0. The Bertz CT molecular complexity index is 337. The number of likely N-dealkylation sites (N-methyl/N-ethyl adjacent to an activating group) is 1. The number of hydrogen-bond donors (Lipinski definition) is 1. The van der Waals surface area contributed by atoms with Crippen LogP contribution in [0, 0.1) is 17.0 Å². The molecule has 1 rings (SSSR count). The largest absolute Gasteiger partial charge is 0.319 e. The summed E-state index contributed by atoms with van der Waals surface area (Å²) in [5.41, 5.74) is 2.01. The highest BCUT2D eigenvalue weighted by Crippen LogP contribution is 2.20. The van der Waals surface area contributed by atoms with Crippen molar-refractivity contribution in [3.05, 3.63) is 39.4 Å². The van der Waals surface area contributed by atoms with Crippen LogP contribution in [0.5, 0.6) is 0 Å². The molecule has 1 aromatic rings. The molecular weight excluding hydrogens is 180 g/mol. The first-order valence-corrected chi connectivity index (χ1v) is 4.54. The Hall–Kier alpha value is -1.42. The minimum absolute atomic E-state index is 0.207. The zero-order chi connectivity index (χ0) is 10.6. The molecule has 0 bridgehead atoms. The summed E-state index contributed by atoms with van der Waals surface area (Å²) in [6.45, 7) is 2.63. The van der Waals surface area contributed by atoms with Gasteiger partial charge in [-0.1, -0.05) is 12.1 Å². The average Bonchev–Trinajstić information content (AvgIpc) is 2.16. The maximum Gasteiger partial charge on any atom is 0.272 e. The molecule has 0 aliphatic carbocycles. The lowest BCUT2D eigenvalue weighted by Gasteiger charge is -2.05. The highest BCUT2D eigenvalue weighted by atomic mass is 16.6. The third kappa shape index (κ3) is 2.29. The van der Waals surface area contributed by atoms with Gasteiger partial charge in [0.15, 0.2) is 0 Å². The molecule has 0 fully saturated rings. The number of hydrogen-bond acceptors (Lipinski definition) is 3. The Labute approximate surface area is 83.1 Å². The summed E-state index contributed by atoms with van der Waals surface area (Å²) in [6.07, 6.45) is 0.823. The van der Waals surface area contributed by atoms with Crippen molar-refractivity contribution < 1.29 is 4.92 Å². The third-order valence-electron chi connectivity index (χ3n) is 2.26. The van der Waals surface area contributed by atoms with Crippen LogP contribution in [0.1, 0.15) is 11.1 Å². The second-order valence-electron chi connectivity index (χ2n) is 3.17. The van der Waals surface area contributed by atoms with Crippen LogP contribution in [0.3, 0.4) is 0 Å². The third-order valence-corrected chi connectivity index (χ3v) is 2.26. The van der Waals surface area contributed by atoms with Crippen molar-refractivity contribution in [3.8, 4) is 0 Å². The Balaban J connectivity index is 2.95. The van der Waals surface area contributed by atoms with Gasteiger partial charge in [-0.15, -0.1) is 0 Å². The van der Waals surface area contributed by atoms with Crippen molar-refractivity contribution >= 4 is 5.69 Å². The second-order valence-corrected chi connectivity index (χ2v) is 3.17. The number of nitrogens with one attached hydrogen (secondary N) is 1. The van der Waals surface area contributed by atoms with E-state index in [2.05, 4.69) is 5.32 Å². The summed E-state index contributed by atoms with van der Waals surface area (Å²) in [5.74, 6) is 0. The van der Waals surface area contributed by atoms with E-state index in [9.17, 15) is 10.1 Å². The minimum Gasteiger partial charge on any atom is -0.319 e. The number of nitro groups is 1. The van der Waals surface area contributed by atoms with Gasteiger partial charge < -0.3 is 5.32 Å². The van der Waals surface area contributed by atoms with Crippen molar-refractivity contribution in [1.82, 2.24) is 5.32 Å². The van der Waals surface area contributed by atoms with Crippen LogP contribution < -0.4 is 5.32 Å². The monoisotopic (exact) mass is 194 g/mol. The van der Waals surface area contributed by atoms with E-state index < -0.39 is 0 Å². The summed E-state index contributed by atoms with van der Waals surface area (Å²) in [5, 5.41) is 13.7. The summed E-state index contributed by atoms with van der Waals surface area (Å²) in [7, 11) is 1.87. The van der Waals surface area contributed by atoms with Gasteiger partial charge in [0.05, 0.1) is 4.92 Å². The van der Waals surface area contributed by atoms with Gasteiger partial charge in [-0.2, -0.15) is 0 Å². The van der Waals surface area contributed by atoms with Crippen LogP contribution in [0.25, 0.3) is 0 Å². The molecule has 0 aromatic heterocycles. The van der Waals surface area contributed by atoms with Gasteiger partial charge in [0.25, 0.3) is 5.69 Å². The van der Waals surface area contributed by atoms with Crippen molar-refractivity contribution in [2.24, 2.45) is 0 Å². The zero-order valence-electron chi connectivity index (χ0n) is 8.41. The summed E-state index contributed by atoms with van der Waals surface area (Å²) in [6, 6.07) is 5.20. The summed E-state index contributed by atoms with van der Waals surface area (Å²) in [4.78, 5) is 10.3. The molecule has 0 aliphatic rings. The molecule has 14 heavy (non-hydrogen) atoms. The van der Waals surface area contributed by atoms with Gasteiger partial charge in [-0.25, -0.2) is 0 Å². The van der Waals surface area contributed by atoms with Crippen LogP contribution in [0.15, 0.2) is 18.2 Å². The molecule has 0 atom stereocenters. The Morgan fingerprint density at radius 1 is 1.50 bits per heavy atom. The first-order chi connectivity index (χ1) is 6.66. The topological polar surface area (TPSA) is 55.2 Å². The first kappa shape index (κ1) is 10.7. The fraction of sp³-hybridized carbons (Fsp3) is 0.400. The SMILES string of the molecule is CNCCc1cccc([N+](=O)[O-])c1C. The molecule has 0 radical (unpaired) electrons. The van der Waals surface area contributed by atoms with Crippen molar-refractivity contribution in [3.63, 3.8) is 0 Å². The van der Waals surface area contributed by atoms with Crippen LogP contribution in [-0.2, 0) is 6.42 Å². The highest BCUT2D eigenvalue weighted by molar-refractivity contribution is 5.44. The summed E-state index contributed by atoms with van der Waals surface area (Å²) < 4.78 is 0. The molecular formula is C10H14N2O2. The Morgan fingerprint density at radius 3 is 2.79 bits per heavy atom. The predicted octanol–water partition coefficient (Wildman–Crippen LogP) is 1.67. The molecule has 0 aliphatic heterocycles. The van der Waals surface area contributed by atoms with Gasteiger partial charge >= 0.3 is 0 Å². The molecule has 0 unspecified atom stereocenters. The van der Waals surface area contributed by atoms with Crippen LogP contribution in [0.4, 0.5) is 5.69 Å². The number of nitro benzene ring substituents is 1. The molecule has 0 saturated carbocycles. The lowest BCUT2D eigenvalue weighted by molar-refractivity contribution is -0.385. The van der Waals surface area contributed by atoms with Gasteiger partial charge in [0, 0.05) is 11.6 Å². The van der Waals surface area contributed by atoms with Crippen molar-refractivity contribution in [1.29, 1.82) is 0 Å². The summed E-state index contributed by atoms with van der Waals surface area (Å²) >= 11 is 0. The normalized spacial score (nSPS) is 10.1. The van der Waals surface area contributed by atoms with Gasteiger partial charge in [-0.3, -0.25) is 10.1 Å². The van der Waals surface area contributed by atoms with Crippen molar-refractivity contribution in [2.45, 2.75) is 13.3 Å². The molecule has 0 spiro atoms. The number of rotatable bonds is 4. The fourth-order valence-electron chi connectivity index (χ4n) is 1.40. The molecule has 1 N–H and O–H groups in total. The maximum absolute atomic E-state index is 10.6. The molecule has 0 amide bonds. The van der Waals surface area contributed by atoms with Crippen LogP contribution in [-0.4, -0.2) is 18.5 Å². The van der Waals surface area contributed by atoms with E-state index >= 15 is 0 Å². The second kappa shape index (κ2) is 4.72. The highest BCUT2D eigenvalue weighted by Gasteiger charge is 2.12. The zero-order valence-corrected chi connectivity index (χ0v) is 8.41.